The molecule has 1 aliphatic carbocycles. The maximum absolute atomic E-state index is 5.39. The lowest BCUT2D eigenvalue weighted by molar-refractivity contribution is 0.0341. The highest BCUT2D eigenvalue weighted by atomic mass is 32.1. The van der Waals surface area contributed by atoms with Gasteiger partial charge in [-0.3, -0.25) is 4.90 Å². The van der Waals surface area contributed by atoms with Crippen LogP contribution in [0.4, 0.5) is 0 Å². The summed E-state index contributed by atoms with van der Waals surface area (Å²) in [5.74, 6) is 0. The first-order valence-corrected chi connectivity index (χ1v) is 7.19. The number of nitrogens with zero attached hydrogens (tertiary/aromatic N) is 1. The number of hydrogen-bond acceptors (Lipinski definition) is 3. The van der Waals surface area contributed by atoms with Crippen molar-refractivity contribution in [2.75, 3.05) is 26.3 Å². The molecule has 0 saturated carbocycles. The van der Waals surface area contributed by atoms with Crippen molar-refractivity contribution in [3.05, 3.63) is 21.4 Å². The Labute approximate surface area is 101 Å². The zero-order chi connectivity index (χ0) is 10.8. The second-order valence-corrected chi connectivity index (χ2v) is 5.72. The minimum Gasteiger partial charge on any atom is -0.379 e. The van der Waals surface area contributed by atoms with Crippen LogP contribution in [0.5, 0.6) is 0 Å². The summed E-state index contributed by atoms with van der Waals surface area (Å²) in [6.07, 6.45) is 5.42. The van der Waals surface area contributed by atoms with Gasteiger partial charge in [0.2, 0.25) is 0 Å². The number of morpholine rings is 1. The molecule has 1 saturated heterocycles. The summed E-state index contributed by atoms with van der Waals surface area (Å²) in [6.45, 7) is 5.17. The number of thiophene rings is 1. The van der Waals surface area contributed by atoms with Gasteiger partial charge in [-0.15, -0.1) is 11.3 Å². The number of hydrogen-bond donors (Lipinski definition) is 0. The van der Waals surface area contributed by atoms with Gasteiger partial charge < -0.3 is 4.74 Å². The van der Waals surface area contributed by atoms with E-state index in [1.54, 1.807) is 16.0 Å². The third-order valence-electron chi connectivity index (χ3n) is 3.65. The topological polar surface area (TPSA) is 12.5 Å². The monoisotopic (exact) mass is 237 g/mol. The van der Waals surface area contributed by atoms with Crippen molar-refractivity contribution < 1.29 is 4.74 Å². The first kappa shape index (κ1) is 10.8. The molecule has 0 aromatic carbocycles. The van der Waals surface area contributed by atoms with Crippen LogP contribution in [0.2, 0.25) is 0 Å². The van der Waals surface area contributed by atoms with Gasteiger partial charge in [0.25, 0.3) is 0 Å². The average molecular weight is 237 g/mol. The number of rotatable bonds is 2. The van der Waals surface area contributed by atoms with E-state index in [-0.39, 0.29) is 0 Å². The Morgan fingerprint density at radius 1 is 1.19 bits per heavy atom. The number of ether oxygens (including phenoxy) is 1. The van der Waals surface area contributed by atoms with Crippen LogP contribution in [0.25, 0.3) is 0 Å². The summed E-state index contributed by atoms with van der Waals surface area (Å²) >= 11 is 1.98. The van der Waals surface area contributed by atoms with Crippen molar-refractivity contribution in [2.45, 2.75) is 32.2 Å². The Hall–Kier alpha value is -0.380. The van der Waals surface area contributed by atoms with E-state index in [4.69, 9.17) is 4.74 Å². The zero-order valence-electron chi connectivity index (χ0n) is 9.71. The lowest BCUT2D eigenvalue weighted by Gasteiger charge is -2.27. The van der Waals surface area contributed by atoms with Gasteiger partial charge in [-0.25, -0.2) is 0 Å². The van der Waals surface area contributed by atoms with E-state index in [2.05, 4.69) is 10.3 Å². The van der Waals surface area contributed by atoms with E-state index in [0.29, 0.717) is 0 Å². The Morgan fingerprint density at radius 3 is 2.88 bits per heavy atom. The highest BCUT2D eigenvalue weighted by Gasteiger charge is 2.18. The molecule has 0 spiro atoms. The van der Waals surface area contributed by atoms with E-state index in [0.717, 1.165) is 32.8 Å². The third kappa shape index (κ3) is 2.17. The summed E-state index contributed by atoms with van der Waals surface area (Å²) < 4.78 is 5.39. The predicted octanol–water partition coefficient (Wildman–Crippen LogP) is 2.46. The van der Waals surface area contributed by atoms with Gasteiger partial charge in [-0.2, -0.15) is 0 Å². The second kappa shape index (κ2) is 4.86. The SMILES string of the molecule is c1sc2c(c1CN1CCOCC1)CCCC2. The van der Waals surface area contributed by atoms with E-state index in [9.17, 15) is 0 Å². The van der Waals surface area contributed by atoms with Crippen molar-refractivity contribution >= 4 is 11.3 Å². The number of fused-ring (bicyclic) bond motifs is 1. The molecular formula is C13H19NOS. The molecule has 2 aliphatic rings. The Kier molecular flexibility index (Phi) is 3.27. The fourth-order valence-electron chi connectivity index (χ4n) is 2.69. The van der Waals surface area contributed by atoms with Crippen molar-refractivity contribution in [1.29, 1.82) is 0 Å². The highest BCUT2D eigenvalue weighted by molar-refractivity contribution is 7.10. The fraction of sp³-hybridized carbons (Fsp3) is 0.692. The molecule has 0 radical (unpaired) electrons. The van der Waals surface area contributed by atoms with E-state index < -0.39 is 0 Å². The maximum atomic E-state index is 5.39. The first-order valence-electron chi connectivity index (χ1n) is 6.32. The van der Waals surface area contributed by atoms with Gasteiger partial charge in [-0.05, 0) is 42.2 Å². The molecule has 0 amide bonds. The molecule has 3 rings (SSSR count). The maximum Gasteiger partial charge on any atom is 0.0594 e. The second-order valence-electron chi connectivity index (χ2n) is 4.76. The van der Waals surface area contributed by atoms with Gasteiger partial charge in [-0.1, -0.05) is 0 Å². The third-order valence-corrected chi connectivity index (χ3v) is 4.78. The standard InChI is InChI=1S/C13H19NOS/c1-2-4-13-12(3-1)11(10-16-13)9-14-5-7-15-8-6-14/h10H,1-9H2. The minimum atomic E-state index is 0.909. The Balaban J connectivity index is 1.71. The molecule has 88 valence electrons. The molecule has 1 aliphatic heterocycles. The molecule has 1 fully saturated rings. The van der Waals surface area contributed by atoms with Crippen LogP contribution in [0.15, 0.2) is 5.38 Å². The molecule has 0 N–H and O–H groups in total. The van der Waals surface area contributed by atoms with Crippen LogP contribution in [0.3, 0.4) is 0 Å². The van der Waals surface area contributed by atoms with Crippen LogP contribution in [0.1, 0.15) is 28.8 Å². The minimum absolute atomic E-state index is 0.909. The lowest BCUT2D eigenvalue weighted by atomic mass is 9.96. The van der Waals surface area contributed by atoms with Crippen molar-refractivity contribution in [1.82, 2.24) is 4.90 Å². The van der Waals surface area contributed by atoms with Crippen LogP contribution in [0, 0.1) is 0 Å². The Morgan fingerprint density at radius 2 is 2.00 bits per heavy atom. The Bertz CT molecular complexity index is 355. The molecule has 1 aromatic rings. The molecule has 3 heteroatoms. The van der Waals surface area contributed by atoms with Gasteiger partial charge in [0.1, 0.15) is 0 Å². The summed E-state index contributed by atoms with van der Waals surface area (Å²) in [6, 6.07) is 0. The van der Waals surface area contributed by atoms with E-state index >= 15 is 0 Å². The smallest absolute Gasteiger partial charge is 0.0594 e. The van der Waals surface area contributed by atoms with Crippen molar-refractivity contribution in [2.24, 2.45) is 0 Å². The predicted molar refractivity (Wildman–Crippen MR) is 67.1 cm³/mol. The van der Waals surface area contributed by atoms with Gasteiger partial charge in [0, 0.05) is 24.5 Å². The number of aryl methyl sites for hydroxylation is 1. The molecule has 16 heavy (non-hydrogen) atoms. The van der Waals surface area contributed by atoms with Crippen LogP contribution < -0.4 is 0 Å². The van der Waals surface area contributed by atoms with E-state index in [1.807, 2.05) is 11.3 Å². The van der Waals surface area contributed by atoms with E-state index in [1.165, 1.54) is 25.7 Å². The molecule has 2 nitrogen and oxygen atoms in total. The highest BCUT2D eigenvalue weighted by Crippen LogP contribution is 2.30. The molecule has 0 unspecified atom stereocenters. The summed E-state index contributed by atoms with van der Waals surface area (Å²) in [5.41, 5.74) is 3.28. The normalized spacial score (nSPS) is 22.0. The van der Waals surface area contributed by atoms with Crippen molar-refractivity contribution in [3.8, 4) is 0 Å². The van der Waals surface area contributed by atoms with Gasteiger partial charge in [0.05, 0.1) is 13.2 Å². The largest absolute Gasteiger partial charge is 0.379 e. The molecule has 0 bridgehead atoms. The summed E-state index contributed by atoms with van der Waals surface area (Å²) in [7, 11) is 0. The zero-order valence-corrected chi connectivity index (χ0v) is 10.5. The molecular weight excluding hydrogens is 218 g/mol. The van der Waals surface area contributed by atoms with Crippen LogP contribution >= 0.6 is 11.3 Å². The quantitative estimate of drug-likeness (QED) is 0.783. The lowest BCUT2D eigenvalue weighted by Crippen LogP contribution is -2.35. The molecule has 0 atom stereocenters. The average Bonchev–Trinajstić information content (AvgIpc) is 2.74. The molecule has 2 heterocycles. The molecule has 1 aromatic heterocycles. The fourth-order valence-corrected chi connectivity index (χ4v) is 3.83. The van der Waals surface area contributed by atoms with Crippen LogP contribution in [-0.4, -0.2) is 31.2 Å². The summed E-state index contributed by atoms with van der Waals surface area (Å²) in [4.78, 5) is 4.19. The summed E-state index contributed by atoms with van der Waals surface area (Å²) in [5, 5.41) is 2.39. The van der Waals surface area contributed by atoms with Crippen molar-refractivity contribution in [3.63, 3.8) is 0 Å². The van der Waals surface area contributed by atoms with Crippen LogP contribution in [-0.2, 0) is 24.1 Å². The first-order chi connectivity index (χ1) is 7.93. The van der Waals surface area contributed by atoms with Gasteiger partial charge >= 0.3 is 0 Å². The van der Waals surface area contributed by atoms with Gasteiger partial charge in [0.15, 0.2) is 0 Å².